The van der Waals surface area contributed by atoms with Gasteiger partial charge >= 0.3 is 0 Å². The first-order chi connectivity index (χ1) is 9.81. The fourth-order valence-electron chi connectivity index (χ4n) is 2.47. The van der Waals surface area contributed by atoms with E-state index >= 15 is 0 Å². The standard InChI is InChI=1S/C16H11N3O/c20-16-13(12-3-1-2-4-15(12)18-16)8-10-5-6-14-11(7-10)9-17-19-14/h1-9,18,20H/b10-8-. The second-order valence-corrected chi connectivity index (χ2v) is 4.74. The minimum absolute atomic E-state index is 0.185. The lowest BCUT2D eigenvalue weighted by Gasteiger charge is -1.94. The minimum atomic E-state index is 0.185. The van der Waals surface area contributed by atoms with Gasteiger partial charge in [0.25, 0.3) is 0 Å². The van der Waals surface area contributed by atoms with Crippen molar-refractivity contribution in [1.29, 1.82) is 0 Å². The average Bonchev–Trinajstić information content (AvgIpc) is 3.04. The number of para-hydroxylation sites is 1. The number of H-pyrrole nitrogens is 1. The number of hydrogen-bond donors (Lipinski definition) is 2. The molecule has 4 heteroatoms. The van der Waals surface area contributed by atoms with E-state index in [1.54, 1.807) is 6.21 Å². The van der Waals surface area contributed by atoms with Gasteiger partial charge in [-0.2, -0.15) is 10.2 Å². The van der Waals surface area contributed by atoms with Crippen LogP contribution in [0.3, 0.4) is 0 Å². The van der Waals surface area contributed by atoms with Crippen LogP contribution >= 0.6 is 0 Å². The highest BCUT2D eigenvalue weighted by Gasteiger charge is 2.07. The van der Waals surface area contributed by atoms with E-state index in [0.717, 1.165) is 32.6 Å². The van der Waals surface area contributed by atoms with Crippen molar-refractivity contribution in [2.45, 2.75) is 0 Å². The highest BCUT2D eigenvalue weighted by molar-refractivity contribution is 5.91. The van der Waals surface area contributed by atoms with Gasteiger partial charge in [-0.15, -0.1) is 0 Å². The second kappa shape index (κ2) is 4.06. The van der Waals surface area contributed by atoms with E-state index in [0.29, 0.717) is 0 Å². The Kier molecular flexibility index (Phi) is 2.23. The number of aromatic amines is 1. The Bertz CT molecular complexity index is 967. The first-order valence-electron chi connectivity index (χ1n) is 6.34. The van der Waals surface area contributed by atoms with E-state index < -0.39 is 0 Å². The fourth-order valence-corrected chi connectivity index (χ4v) is 2.47. The molecule has 0 fully saturated rings. The number of rotatable bonds is 1. The van der Waals surface area contributed by atoms with Crippen molar-refractivity contribution < 1.29 is 5.11 Å². The van der Waals surface area contributed by atoms with Crippen molar-refractivity contribution >= 4 is 23.2 Å². The van der Waals surface area contributed by atoms with Crippen molar-refractivity contribution in [3.63, 3.8) is 0 Å². The van der Waals surface area contributed by atoms with Crippen LogP contribution in [-0.2, 0) is 0 Å². The molecule has 20 heavy (non-hydrogen) atoms. The van der Waals surface area contributed by atoms with Gasteiger partial charge in [0.1, 0.15) is 0 Å². The van der Waals surface area contributed by atoms with E-state index in [1.165, 1.54) is 0 Å². The van der Waals surface area contributed by atoms with Crippen LogP contribution in [0, 0.1) is 0 Å². The van der Waals surface area contributed by atoms with Gasteiger partial charge in [-0.3, -0.25) is 0 Å². The molecule has 2 N–H and O–H groups in total. The molecule has 0 spiro atoms. The van der Waals surface area contributed by atoms with Crippen molar-refractivity contribution in [2.75, 3.05) is 0 Å². The molecule has 0 atom stereocenters. The normalized spacial score (nSPS) is 13.7. The summed E-state index contributed by atoms with van der Waals surface area (Å²) >= 11 is 0. The first kappa shape index (κ1) is 11.0. The average molecular weight is 261 g/mol. The zero-order valence-electron chi connectivity index (χ0n) is 10.5. The van der Waals surface area contributed by atoms with E-state index in [2.05, 4.69) is 15.2 Å². The van der Waals surface area contributed by atoms with Gasteiger partial charge in [-0.05, 0) is 29.5 Å². The van der Waals surface area contributed by atoms with E-state index in [1.807, 2.05) is 48.5 Å². The number of nitrogens with zero attached hydrogens (tertiary/aromatic N) is 2. The van der Waals surface area contributed by atoms with Crippen LogP contribution in [-0.4, -0.2) is 16.3 Å². The van der Waals surface area contributed by atoms with Crippen molar-refractivity contribution in [1.82, 2.24) is 4.98 Å². The van der Waals surface area contributed by atoms with E-state index in [-0.39, 0.29) is 5.88 Å². The topological polar surface area (TPSA) is 60.7 Å². The summed E-state index contributed by atoms with van der Waals surface area (Å²) in [5, 5.41) is 20.8. The third-order valence-electron chi connectivity index (χ3n) is 3.45. The molecular weight excluding hydrogens is 250 g/mol. The van der Waals surface area contributed by atoms with Crippen LogP contribution < -0.4 is 10.6 Å². The number of fused-ring (bicyclic) bond motifs is 2. The maximum Gasteiger partial charge on any atom is 0.196 e. The van der Waals surface area contributed by atoms with Gasteiger partial charge < -0.3 is 10.1 Å². The largest absolute Gasteiger partial charge is 0.494 e. The zero-order chi connectivity index (χ0) is 13.5. The predicted octanol–water partition coefficient (Wildman–Crippen LogP) is 1.67. The van der Waals surface area contributed by atoms with Crippen LogP contribution in [0.1, 0.15) is 11.1 Å². The van der Waals surface area contributed by atoms with Gasteiger partial charge in [0.05, 0.1) is 11.6 Å². The second-order valence-electron chi connectivity index (χ2n) is 4.74. The molecule has 0 unspecified atom stereocenters. The summed E-state index contributed by atoms with van der Waals surface area (Å²) in [6, 6.07) is 13.7. The molecule has 3 aromatic rings. The highest BCUT2D eigenvalue weighted by Crippen LogP contribution is 2.27. The molecule has 0 saturated heterocycles. The van der Waals surface area contributed by atoms with Gasteiger partial charge in [0.2, 0.25) is 0 Å². The lowest BCUT2D eigenvalue weighted by molar-refractivity contribution is 0.457. The Labute approximate surface area is 114 Å². The maximum absolute atomic E-state index is 10.1. The molecule has 1 aromatic heterocycles. The van der Waals surface area contributed by atoms with Gasteiger partial charge in [-0.1, -0.05) is 24.3 Å². The molecule has 0 aliphatic carbocycles. The Morgan fingerprint density at radius 2 is 2.00 bits per heavy atom. The summed E-state index contributed by atoms with van der Waals surface area (Å²) < 4.78 is 0. The molecule has 2 aromatic carbocycles. The quantitative estimate of drug-likeness (QED) is 0.687. The zero-order valence-corrected chi connectivity index (χ0v) is 10.5. The highest BCUT2D eigenvalue weighted by atomic mass is 16.3. The summed E-state index contributed by atoms with van der Waals surface area (Å²) in [6.45, 7) is 0. The summed E-state index contributed by atoms with van der Waals surface area (Å²) in [7, 11) is 0. The fraction of sp³-hybridized carbons (Fsp3) is 0. The first-order valence-corrected chi connectivity index (χ1v) is 6.34. The molecule has 96 valence electrons. The van der Waals surface area contributed by atoms with Crippen molar-refractivity contribution in [3.8, 4) is 5.88 Å². The number of benzene rings is 2. The summed E-state index contributed by atoms with van der Waals surface area (Å²) in [5.74, 6) is 0.185. The molecule has 1 aliphatic heterocycles. The van der Waals surface area contributed by atoms with E-state index in [9.17, 15) is 5.11 Å². The van der Waals surface area contributed by atoms with Crippen molar-refractivity contribution in [2.24, 2.45) is 10.2 Å². The number of aromatic nitrogens is 1. The Balaban J connectivity index is 1.97. The molecule has 0 radical (unpaired) electrons. The molecule has 1 aliphatic rings. The smallest absolute Gasteiger partial charge is 0.196 e. The summed E-state index contributed by atoms with van der Waals surface area (Å²) in [4.78, 5) is 2.98. The van der Waals surface area contributed by atoms with Crippen LogP contribution in [0.25, 0.3) is 17.0 Å². The number of nitrogens with one attached hydrogen (secondary N) is 1. The molecule has 2 heterocycles. The summed E-state index contributed by atoms with van der Waals surface area (Å²) in [6.07, 6.45) is 3.70. The van der Waals surface area contributed by atoms with Gasteiger partial charge in [-0.25, -0.2) is 0 Å². The van der Waals surface area contributed by atoms with Crippen LogP contribution in [0.15, 0.2) is 52.7 Å². The molecule has 4 rings (SSSR count). The van der Waals surface area contributed by atoms with Crippen LogP contribution in [0.4, 0.5) is 0 Å². The molecule has 0 bridgehead atoms. The Morgan fingerprint density at radius 1 is 1.10 bits per heavy atom. The lowest BCUT2D eigenvalue weighted by Crippen LogP contribution is -2.11. The monoisotopic (exact) mass is 261 g/mol. The SMILES string of the molecule is Oc1[nH]c2ccccc2c1/C=c1/ccc2c(c1)C=NN=2. The van der Waals surface area contributed by atoms with Crippen LogP contribution in [0.2, 0.25) is 0 Å². The molecule has 0 saturated carbocycles. The molecular formula is C16H11N3O. The third-order valence-corrected chi connectivity index (χ3v) is 3.45. The Hall–Kier alpha value is -2.88. The minimum Gasteiger partial charge on any atom is -0.494 e. The predicted molar refractivity (Wildman–Crippen MR) is 78.3 cm³/mol. The van der Waals surface area contributed by atoms with Crippen molar-refractivity contribution in [3.05, 3.63) is 64.2 Å². The molecule has 0 amide bonds. The van der Waals surface area contributed by atoms with Gasteiger partial charge in [0.15, 0.2) is 5.88 Å². The lowest BCUT2D eigenvalue weighted by atomic mass is 10.1. The molecule has 4 nitrogen and oxygen atoms in total. The van der Waals surface area contributed by atoms with Crippen LogP contribution in [0.5, 0.6) is 5.88 Å². The number of hydrogen-bond acceptors (Lipinski definition) is 3. The maximum atomic E-state index is 10.1. The summed E-state index contributed by atoms with van der Waals surface area (Å²) in [5.41, 5.74) is 2.72. The van der Waals surface area contributed by atoms with E-state index in [4.69, 9.17) is 0 Å². The van der Waals surface area contributed by atoms with Gasteiger partial charge in [0, 0.05) is 22.0 Å². The Morgan fingerprint density at radius 3 is 2.95 bits per heavy atom. The third kappa shape index (κ3) is 1.62. The number of aromatic hydroxyl groups is 1.